The molecule has 0 atom stereocenters. The Labute approximate surface area is 139 Å². The molecule has 2 rings (SSSR count). The van der Waals surface area contributed by atoms with Crippen molar-refractivity contribution in [1.29, 1.82) is 0 Å². The Hall–Kier alpha value is -2.28. The Bertz CT molecular complexity index is 687. The van der Waals surface area contributed by atoms with Crippen LogP contribution >= 0.6 is 11.3 Å². The predicted octanol–water partition coefficient (Wildman–Crippen LogP) is 2.72. The van der Waals surface area contributed by atoms with E-state index in [1.165, 1.54) is 11.3 Å². The summed E-state index contributed by atoms with van der Waals surface area (Å²) in [4.78, 5) is 17.2. The van der Waals surface area contributed by atoms with Gasteiger partial charge in [0.15, 0.2) is 11.5 Å². The molecule has 1 amide bonds. The lowest BCUT2D eigenvalue weighted by Crippen LogP contribution is -2.22. The van der Waals surface area contributed by atoms with Crippen molar-refractivity contribution in [1.82, 2.24) is 10.3 Å². The summed E-state index contributed by atoms with van der Waals surface area (Å²) < 4.78 is 15.9. The fraction of sp³-hybridized carbons (Fsp3) is 0.375. The Morgan fingerprint density at radius 1 is 1.13 bits per heavy atom. The molecule has 1 heterocycles. The molecule has 1 aromatic carbocycles. The van der Waals surface area contributed by atoms with Crippen molar-refractivity contribution in [2.45, 2.75) is 20.4 Å². The lowest BCUT2D eigenvalue weighted by molar-refractivity contribution is 0.0954. The van der Waals surface area contributed by atoms with Crippen molar-refractivity contribution < 1.29 is 19.0 Å². The summed E-state index contributed by atoms with van der Waals surface area (Å²) in [7, 11) is 4.67. The first kappa shape index (κ1) is 17.1. The number of hydrogen-bond donors (Lipinski definition) is 1. The second-order valence-corrected chi connectivity index (χ2v) is 6.07. The molecule has 0 radical (unpaired) electrons. The molecule has 0 saturated heterocycles. The van der Waals surface area contributed by atoms with E-state index in [4.69, 9.17) is 14.2 Å². The van der Waals surface area contributed by atoms with E-state index in [0.29, 0.717) is 28.7 Å². The number of aromatic nitrogens is 1. The maximum absolute atomic E-state index is 12.3. The van der Waals surface area contributed by atoms with Crippen molar-refractivity contribution in [3.05, 3.63) is 33.3 Å². The van der Waals surface area contributed by atoms with Crippen LogP contribution in [0.1, 0.15) is 25.9 Å². The van der Waals surface area contributed by atoms with Gasteiger partial charge in [0.25, 0.3) is 5.91 Å². The number of carbonyl (C=O) groups is 1. The minimum Gasteiger partial charge on any atom is -0.493 e. The Morgan fingerprint density at radius 3 is 2.17 bits per heavy atom. The molecule has 23 heavy (non-hydrogen) atoms. The fourth-order valence-electron chi connectivity index (χ4n) is 2.24. The second-order valence-electron chi connectivity index (χ2n) is 4.86. The van der Waals surface area contributed by atoms with Crippen LogP contribution in [0, 0.1) is 13.8 Å². The van der Waals surface area contributed by atoms with Crippen molar-refractivity contribution in [3.63, 3.8) is 0 Å². The highest BCUT2D eigenvalue weighted by Crippen LogP contribution is 2.38. The standard InChI is InChI=1S/C16H20N2O4S/c1-9-15(23-10(2)18-9)16(19)17-8-11-6-12(20-3)14(22-5)13(7-11)21-4/h6-7H,8H2,1-5H3,(H,17,19). The summed E-state index contributed by atoms with van der Waals surface area (Å²) in [6, 6.07) is 3.62. The van der Waals surface area contributed by atoms with Gasteiger partial charge in [0.05, 0.1) is 32.0 Å². The first-order valence-corrected chi connectivity index (χ1v) is 7.83. The van der Waals surface area contributed by atoms with Crippen molar-refractivity contribution in [3.8, 4) is 17.2 Å². The molecule has 6 nitrogen and oxygen atoms in total. The molecule has 1 N–H and O–H groups in total. The van der Waals surface area contributed by atoms with Gasteiger partial charge in [-0.3, -0.25) is 4.79 Å². The van der Waals surface area contributed by atoms with Crippen molar-refractivity contribution >= 4 is 17.2 Å². The van der Waals surface area contributed by atoms with E-state index in [1.807, 2.05) is 26.0 Å². The summed E-state index contributed by atoms with van der Waals surface area (Å²) in [6.07, 6.45) is 0. The predicted molar refractivity (Wildman–Crippen MR) is 88.9 cm³/mol. The monoisotopic (exact) mass is 336 g/mol. The van der Waals surface area contributed by atoms with Crippen molar-refractivity contribution in [2.24, 2.45) is 0 Å². The third kappa shape index (κ3) is 3.73. The third-order valence-electron chi connectivity index (χ3n) is 3.29. The molecule has 0 spiro atoms. The first-order valence-electron chi connectivity index (χ1n) is 7.01. The number of aryl methyl sites for hydroxylation is 2. The van der Waals surface area contributed by atoms with Crippen LogP contribution in [-0.2, 0) is 6.54 Å². The number of nitrogens with one attached hydrogen (secondary N) is 1. The molecule has 0 aliphatic carbocycles. The number of ether oxygens (including phenoxy) is 3. The quantitative estimate of drug-likeness (QED) is 0.878. The van der Waals surface area contributed by atoms with Gasteiger partial charge in [-0.25, -0.2) is 4.98 Å². The minimum absolute atomic E-state index is 0.137. The highest BCUT2D eigenvalue weighted by molar-refractivity contribution is 7.13. The molecule has 0 bridgehead atoms. The van der Waals surface area contributed by atoms with E-state index >= 15 is 0 Å². The molecular formula is C16H20N2O4S. The largest absolute Gasteiger partial charge is 0.493 e. The number of nitrogens with zero attached hydrogens (tertiary/aromatic N) is 1. The lowest BCUT2D eigenvalue weighted by Gasteiger charge is -2.14. The van der Waals surface area contributed by atoms with Crippen LogP contribution < -0.4 is 19.5 Å². The summed E-state index contributed by atoms with van der Waals surface area (Å²) >= 11 is 1.39. The van der Waals surface area contributed by atoms with Crippen LogP contribution in [-0.4, -0.2) is 32.2 Å². The highest BCUT2D eigenvalue weighted by Gasteiger charge is 2.16. The molecule has 0 saturated carbocycles. The van der Waals surface area contributed by atoms with E-state index < -0.39 is 0 Å². The molecule has 0 fully saturated rings. The maximum Gasteiger partial charge on any atom is 0.263 e. The van der Waals surface area contributed by atoms with Gasteiger partial charge in [-0.2, -0.15) is 0 Å². The van der Waals surface area contributed by atoms with E-state index in [-0.39, 0.29) is 5.91 Å². The molecule has 124 valence electrons. The summed E-state index contributed by atoms with van der Waals surface area (Å²) in [5.74, 6) is 1.50. The normalized spacial score (nSPS) is 10.3. The van der Waals surface area contributed by atoms with Gasteiger partial charge in [-0.1, -0.05) is 0 Å². The van der Waals surface area contributed by atoms with Gasteiger partial charge in [0.2, 0.25) is 5.75 Å². The van der Waals surface area contributed by atoms with Gasteiger partial charge in [0.1, 0.15) is 4.88 Å². The smallest absolute Gasteiger partial charge is 0.263 e. The third-order valence-corrected chi connectivity index (χ3v) is 4.36. The molecule has 0 unspecified atom stereocenters. The second kappa shape index (κ2) is 7.32. The van der Waals surface area contributed by atoms with Gasteiger partial charge in [-0.05, 0) is 31.5 Å². The number of methoxy groups -OCH3 is 3. The summed E-state index contributed by atoms with van der Waals surface area (Å²) in [5.41, 5.74) is 1.60. The van der Waals surface area contributed by atoms with Crippen LogP contribution in [0.15, 0.2) is 12.1 Å². The number of carbonyl (C=O) groups excluding carboxylic acids is 1. The number of rotatable bonds is 6. The van der Waals surface area contributed by atoms with Crippen molar-refractivity contribution in [2.75, 3.05) is 21.3 Å². The minimum atomic E-state index is -0.137. The number of thiazole rings is 1. The lowest BCUT2D eigenvalue weighted by atomic mass is 10.1. The van der Waals surface area contributed by atoms with Gasteiger partial charge < -0.3 is 19.5 Å². The SMILES string of the molecule is COc1cc(CNC(=O)c2sc(C)nc2C)cc(OC)c1OC. The summed E-state index contributed by atoms with van der Waals surface area (Å²) in [6.45, 7) is 4.07. The zero-order chi connectivity index (χ0) is 17.0. The molecule has 2 aromatic rings. The van der Waals surface area contributed by atoms with Gasteiger partial charge in [0, 0.05) is 6.54 Å². The summed E-state index contributed by atoms with van der Waals surface area (Å²) in [5, 5.41) is 3.76. The molecule has 1 aromatic heterocycles. The van der Waals surface area contributed by atoms with Gasteiger partial charge >= 0.3 is 0 Å². The number of hydrogen-bond acceptors (Lipinski definition) is 6. The van der Waals surface area contributed by atoms with Crippen LogP contribution in [0.2, 0.25) is 0 Å². The van der Waals surface area contributed by atoms with Crippen LogP contribution in [0.3, 0.4) is 0 Å². The molecular weight excluding hydrogens is 316 g/mol. The number of amides is 1. The Balaban J connectivity index is 2.17. The average Bonchev–Trinajstić information content (AvgIpc) is 2.89. The topological polar surface area (TPSA) is 69.7 Å². The maximum atomic E-state index is 12.3. The van der Waals surface area contributed by atoms with E-state index in [2.05, 4.69) is 10.3 Å². The number of benzene rings is 1. The van der Waals surface area contributed by atoms with Gasteiger partial charge in [-0.15, -0.1) is 11.3 Å². The zero-order valence-corrected chi connectivity index (χ0v) is 14.7. The zero-order valence-electron chi connectivity index (χ0n) is 13.9. The Morgan fingerprint density at radius 2 is 1.74 bits per heavy atom. The van der Waals surface area contributed by atoms with E-state index in [1.54, 1.807) is 21.3 Å². The van der Waals surface area contributed by atoms with E-state index in [9.17, 15) is 4.79 Å². The fourth-order valence-corrected chi connectivity index (χ4v) is 3.08. The van der Waals surface area contributed by atoms with Crippen LogP contribution in [0.5, 0.6) is 17.2 Å². The average molecular weight is 336 g/mol. The molecule has 7 heteroatoms. The first-order chi connectivity index (χ1) is 11.0. The molecule has 0 aliphatic rings. The molecule has 0 aliphatic heterocycles. The van der Waals surface area contributed by atoms with E-state index in [0.717, 1.165) is 16.3 Å². The van der Waals surface area contributed by atoms with Crippen LogP contribution in [0.4, 0.5) is 0 Å². The Kier molecular flexibility index (Phi) is 5.44. The van der Waals surface area contributed by atoms with Crippen LogP contribution in [0.25, 0.3) is 0 Å². The highest BCUT2D eigenvalue weighted by atomic mass is 32.1.